The van der Waals surface area contributed by atoms with Gasteiger partial charge in [0.2, 0.25) is 5.82 Å². The zero-order valence-corrected chi connectivity index (χ0v) is 15.3. The Bertz CT molecular complexity index is 867. The molecule has 5 nitrogen and oxygen atoms in total. The molecule has 1 aromatic carbocycles. The summed E-state index contributed by atoms with van der Waals surface area (Å²) in [7, 11) is 0. The molecular weight excluding hydrogens is 350 g/mol. The minimum Gasteiger partial charge on any atom is -0.350 e. The molecular formula is C20H20ClN3O2. The first kappa shape index (κ1) is 18.1. The first-order valence-corrected chi connectivity index (χ1v) is 8.89. The summed E-state index contributed by atoms with van der Waals surface area (Å²) in [5.41, 5.74) is 3.25. The third kappa shape index (κ3) is 4.49. The molecule has 1 aliphatic rings. The molecule has 0 N–H and O–H groups in total. The van der Waals surface area contributed by atoms with Crippen LogP contribution in [0.15, 0.2) is 54.1 Å². The molecule has 1 saturated heterocycles. The van der Waals surface area contributed by atoms with Crippen molar-refractivity contribution in [1.82, 2.24) is 4.98 Å². The van der Waals surface area contributed by atoms with Gasteiger partial charge in [0.1, 0.15) is 0 Å². The number of hydrogen-bond donors (Lipinski definition) is 0. The van der Waals surface area contributed by atoms with E-state index in [1.807, 2.05) is 48.2 Å². The fraction of sp³-hybridized carbons (Fsp3) is 0.250. The number of rotatable bonds is 4. The molecule has 0 bridgehead atoms. The first-order valence-electron chi connectivity index (χ1n) is 8.51. The average Bonchev–Trinajstić information content (AvgIpc) is 2.62. The van der Waals surface area contributed by atoms with E-state index in [9.17, 15) is 10.1 Å². The Balaban J connectivity index is 1.66. The van der Waals surface area contributed by atoms with Crippen LogP contribution in [-0.4, -0.2) is 23.0 Å². The van der Waals surface area contributed by atoms with Crippen LogP contribution in [0, 0.1) is 17.0 Å². The molecule has 134 valence electrons. The number of aryl methyl sites for hydroxylation is 1. The molecule has 0 atom stereocenters. The molecule has 2 heterocycles. The number of hydrogen-bond acceptors (Lipinski definition) is 4. The van der Waals surface area contributed by atoms with E-state index < -0.39 is 0 Å². The van der Waals surface area contributed by atoms with Gasteiger partial charge in [0.25, 0.3) is 0 Å². The topological polar surface area (TPSA) is 59.3 Å². The molecule has 2 aromatic rings. The van der Waals surface area contributed by atoms with Crippen molar-refractivity contribution < 1.29 is 4.92 Å². The highest BCUT2D eigenvalue weighted by Crippen LogP contribution is 2.29. The molecule has 26 heavy (non-hydrogen) atoms. The number of nitrogens with zero attached hydrogens (tertiary/aromatic N) is 3. The fourth-order valence-electron chi connectivity index (χ4n) is 2.99. The predicted molar refractivity (Wildman–Crippen MR) is 106 cm³/mol. The van der Waals surface area contributed by atoms with Crippen LogP contribution in [0.5, 0.6) is 0 Å². The Morgan fingerprint density at radius 1 is 1.23 bits per heavy atom. The maximum Gasteiger partial charge on any atom is 0.311 e. The lowest BCUT2D eigenvalue weighted by Crippen LogP contribution is -2.32. The maximum atomic E-state index is 11.2. The standard InChI is InChI=1S/C20H20ClN3O2/c1-15-8-9-19(24(25)26)20(22-15)23-12-10-16(11-13-23)4-2-5-17-6-3-7-18(21)14-17/h2-9,14H,10-13H2,1H3. The number of allylic oxidation sites excluding steroid dienone is 2. The Labute approximate surface area is 157 Å². The number of nitro groups is 1. The Morgan fingerprint density at radius 2 is 2.00 bits per heavy atom. The van der Waals surface area contributed by atoms with Crippen molar-refractivity contribution in [2.45, 2.75) is 19.8 Å². The monoisotopic (exact) mass is 369 g/mol. The molecule has 6 heteroatoms. The van der Waals surface area contributed by atoms with Crippen LogP contribution in [0.4, 0.5) is 11.5 Å². The summed E-state index contributed by atoms with van der Waals surface area (Å²) < 4.78 is 0. The molecule has 0 aliphatic carbocycles. The van der Waals surface area contributed by atoms with E-state index in [2.05, 4.69) is 11.1 Å². The highest BCUT2D eigenvalue weighted by atomic mass is 35.5. The zero-order chi connectivity index (χ0) is 18.5. The summed E-state index contributed by atoms with van der Waals surface area (Å²) in [6, 6.07) is 10.9. The van der Waals surface area contributed by atoms with Gasteiger partial charge >= 0.3 is 5.69 Å². The van der Waals surface area contributed by atoms with Crippen molar-refractivity contribution >= 4 is 29.2 Å². The number of benzene rings is 1. The Kier molecular flexibility index (Phi) is 5.68. The molecule has 0 saturated carbocycles. The van der Waals surface area contributed by atoms with Crippen LogP contribution >= 0.6 is 11.6 Å². The second-order valence-electron chi connectivity index (χ2n) is 6.28. The van der Waals surface area contributed by atoms with Gasteiger partial charge in [-0.25, -0.2) is 4.98 Å². The van der Waals surface area contributed by atoms with Gasteiger partial charge in [0, 0.05) is 29.9 Å². The third-order valence-electron chi connectivity index (χ3n) is 4.36. The smallest absolute Gasteiger partial charge is 0.311 e. The van der Waals surface area contributed by atoms with Crippen molar-refractivity contribution in [2.24, 2.45) is 0 Å². The third-order valence-corrected chi connectivity index (χ3v) is 4.60. The van der Waals surface area contributed by atoms with Crippen molar-refractivity contribution in [2.75, 3.05) is 18.0 Å². The van der Waals surface area contributed by atoms with Crippen molar-refractivity contribution in [3.05, 3.63) is 80.5 Å². The van der Waals surface area contributed by atoms with Gasteiger partial charge in [0.05, 0.1) is 4.92 Å². The second kappa shape index (κ2) is 8.15. The van der Waals surface area contributed by atoms with Gasteiger partial charge in [-0.1, -0.05) is 47.5 Å². The van der Waals surface area contributed by atoms with Crippen molar-refractivity contribution in [1.29, 1.82) is 0 Å². The van der Waals surface area contributed by atoms with Crippen molar-refractivity contribution in [3.8, 4) is 0 Å². The van der Waals surface area contributed by atoms with Crippen LogP contribution in [-0.2, 0) is 0 Å². The van der Waals surface area contributed by atoms with Crippen LogP contribution in [0.25, 0.3) is 6.08 Å². The van der Waals surface area contributed by atoms with Gasteiger partial charge in [0.15, 0.2) is 0 Å². The molecule has 1 aromatic heterocycles. The number of piperidine rings is 1. The average molecular weight is 370 g/mol. The lowest BCUT2D eigenvalue weighted by molar-refractivity contribution is -0.384. The minimum atomic E-state index is -0.360. The molecule has 0 radical (unpaired) electrons. The fourth-order valence-corrected chi connectivity index (χ4v) is 3.19. The minimum absolute atomic E-state index is 0.0730. The van der Waals surface area contributed by atoms with E-state index in [0.29, 0.717) is 5.82 Å². The van der Waals surface area contributed by atoms with Crippen LogP contribution in [0.3, 0.4) is 0 Å². The number of halogens is 1. The molecule has 1 aliphatic heterocycles. The summed E-state index contributed by atoms with van der Waals surface area (Å²) >= 11 is 5.98. The second-order valence-corrected chi connectivity index (χ2v) is 6.71. The van der Waals surface area contributed by atoms with Gasteiger partial charge in [-0.2, -0.15) is 0 Å². The number of aromatic nitrogens is 1. The van der Waals surface area contributed by atoms with E-state index in [4.69, 9.17) is 11.6 Å². The lowest BCUT2D eigenvalue weighted by atomic mass is 10.0. The van der Waals surface area contributed by atoms with Crippen molar-refractivity contribution in [3.63, 3.8) is 0 Å². The molecule has 0 unspecified atom stereocenters. The first-order chi connectivity index (χ1) is 12.5. The summed E-state index contributed by atoms with van der Waals surface area (Å²) in [6.45, 7) is 3.31. The summed E-state index contributed by atoms with van der Waals surface area (Å²) in [4.78, 5) is 17.3. The van der Waals surface area contributed by atoms with Gasteiger partial charge in [-0.15, -0.1) is 0 Å². The molecule has 0 spiro atoms. The Hall–Kier alpha value is -2.66. The summed E-state index contributed by atoms with van der Waals surface area (Å²) in [5.74, 6) is 0.475. The van der Waals surface area contributed by atoms with Crippen LogP contribution < -0.4 is 4.90 Å². The van der Waals surface area contributed by atoms with E-state index >= 15 is 0 Å². The lowest BCUT2D eigenvalue weighted by Gasteiger charge is -2.29. The van der Waals surface area contributed by atoms with E-state index in [0.717, 1.165) is 42.2 Å². The number of anilines is 1. The molecule has 1 fully saturated rings. The van der Waals surface area contributed by atoms with Gasteiger partial charge in [-0.3, -0.25) is 10.1 Å². The van der Waals surface area contributed by atoms with Crippen LogP contribution in [0.2, 0.25) is 5.02 Å². The SMILES string of the molecule is Cc1ccc([N+](=O)[O-])c(N2CCC(=CC=Cc3cccc(Cl)c3)CC2)n1. The normalized spacial score (nSPS) is 14.7. The van der Waals surface area contributed by atoms with E-state index in [1.165, 1.54) is 11.6 Å². The largest absolute Gasteiger partial charge is 0.350 e. The molecule has 0 amide bonds. The van der Waals surface area contributed by atoms with E-state index in [-0.39, 0.29) is 10.6 Å². The van der Waals surface area contributed by atoms with Crippen LogP contribution in [0.1, 0.15) is 24.1 Å². The Morgan fingerprint density at radius 3 is 2.69 bits per heavy atom. The maximum absolute atomic E-state index is 11.2. The number of pyridine rings is 1. The van der Waals surface area contributed by atoms with E-state index in [1.54, 1.807) is 6.07 Å². The quantitative estimate of drug-likeness (QED) is 0.549. The van der Waals surface area contributed by atoms with Gasteiger partial charge in [-0.05, 0) is 43.5 Å². The highest BCUT2D eigenvalue weighted by Gasteiger charge is 2.23. The molecule has 3 rings (SSSR count). The summed E-state index contributed by atoms with van der Waals surface area (Å²) in [6.07, 6.45) is 7.91. The predicted octanol–water partition coefficient (Wildman–Crippen LogP) is 5.19. The van der Waals surface area contributed by atoms with Gasteiger partial charge < -0.3 is 4.90 Å². The highest BCUT2D eigenvalue weighted by molar-refractivity contribution is 6.30. The zero-order valence-electron chi connectivity index (χ0n) is 14.6. The summed E-state index contributed by atoms with van der Waals surface area (Å²) in [5, 5.41) is 12.0.